The third-order valence-corrected chi connectivity index (χ3v) is 1.35. The Morgan fingerprint density at radius 3 is 1.19 bits per heavy atom. The first-order valence-corrected chi connectivity index (χ1v) is 5.99. The van der Waals surface area contributed by atoms with E-state index in [0.717, 1.165) is 0 Å². The maximum absolute atomic E-state index is 10.3. The predicted molar refractivity (Wildman–Crippen MR) is 83.2 cm³/mol. The van der Waals surface area contributed by atoms with Crippen LogP contribution in [-0.2, 0) is 4.79 Å². The number of carbonyl (C=O) groups is 1. The largest absolute Gasteiger partial charge is 0.674 e. The number of allylic oxidation sites excluding steroid dienone is 2. The van der Waals surface area contributed by atoms with Gasteiger partial charge in [-0.15, -0.1) is 0 Å². The van der Waals surface area contributed by atoms with E-state index in [4.69, 9.17) is 50.8 Å². The molecule has 0 fully saturated rings. The molecule has 1 rings (SSSR count). The van der Waals surface area contributed by atoms with Crippen LogP contribution in [-0.4, -0.2) is 91.4 Å². The van der Waals surface area contributed by atoms with Crippen molar-refractivity contribution < 1.29 is 72.1 Å². The van der Waals surface area contributed by atoms with Gasteiger partial charge in [-0.2, -0.15) is 4.79 Å². The smallest absolute Gasteiger partial charge is 0.481 e. The van der Waals surface area contributed by atoms with Crippen LogP contribution in [0.1, 0.15) is 0 Å². The third kappa shape index (κ3) is 59.3. The van der Waals surface area contributed by atoms with Crippen LogP contribution in [0, 0.1) is 5.92 Å². The highest BCUT2D eigenvalue weighted by Gasteiger charge is 2.15. The average molecular weight is 405 g/mol. The van der Waals surface area contributed by atoms with Crippen LogP contribution >= 0.6 is 0 Å². The topological polar surface area (TPSA) is 236 Å². The molecule has 0 atom stereocenters. The van der Waals surface area contributed by atoms with Crippen molar-refractivity contribution in [2.75, 3.05) is 0 Å². The van der Waals surface area contributed by atoms with Gasteiger partial charge in [0.2, 0.25) is 0 Å². The summed E-state index contributed by atoms with van der Waals surface area (Å²) in [5.41, 5.74) is 8.62. The second-order valence-electron chi connectivity index (χ2n) is 3.35. The lowest BCUT2D eigenvalue weighted by Gasteiger charge is -2.00. The Morgan fingerprint density at radius 2 is 1.04 bits per heavy atom. The van der Waals surface area contributed by atoms with Gasteiger partial charge >= 0.3 is 41.3 Å². The van der Waals surface area contributed by atoms with E-state index in [-0.39, 0.29) is 0 Å². The van der Waals surface area contributed by atoms with Gasteiger partial charge in [-0.25, -0.2) is 0 Å². The maximum Gasteiger partial charge on any atom is 0.674 e. The molecule has 9 N–H and O–H groups in total. The van der Waals surface area contributed by atoms with E-state index >= 15 is 0 Å². The first-order valence-electron chi connectivity index (χ1n) is 5.99. The van der Waals surface area contributed by atoms with Gasteiger partial charge in [0.05, 0.1) is 5.92 Å². The monoisotopic (exact) mass is 406 g/mol. The second kappa shape index (κ2) is 22.0. The molecule has 0 spiro atoms. The minimum absolute atomic E-state index is 0.363. The second-order valence-corrected chi connectivity index (χ2v) is 3.35. The van der Waals surface area contributed by atoms with Gasteiger partial charge < -0.3 is 50.8 Å². The Kier molecular flexibility index (Phi) is 26.6. The molecule has 20 heteroatoms. The van der Waals surface area contributed by atoms with Gasteiger partial charge in [0.25, 0.3) is 0 Å². The van der Waals surface area contributed by atoms with E-state index in [1.807, 2.05) is 0 Å². The summed E-state index contributed by atoms with van der Waals surface area (Å²) in [5, 5.41) is 64.0. The van der Waals surface area contributed by atoms with Crippen molar-refractivity contribution in [3.8, 4) is 0 Å². The summed E-state index contributed by atoms with van der Waals surface area (Å²) in [6, 6.07) is 0. The van der Waals surface area contributed by atoms with Gasteiger partial charge in [0.15, 0.2) is 0 Å². The number of rotatable bonds is 1. The average Bonchev–Trinajstić information content (AvgIpc) is 2.45. The van der Waals surface area contributed by atoms with Gasteiger partial charge in [0, 0.05) is 12.2 Å². The molecule has 0 heterocycles. The van der Waals surface area contributed by atoms with Crippen molar-refractivity contribution in [1.82, 2.24) is 0 Å². The number of nitrogens with zero attached hydrogens (tertiary/aromatic N) is 2. The highest BCUT2D eigenvalue weighted by Crippen LogP contribution is 2.06. The van der Waals surface area contributed by atoms with Crippen LogP contribution in [0.4, 0.5) is 17.3 Å². The zero-order chi connectivity index (χ0) is 22.6. The molecule has 27 heavy (non-hydrogen) atoms. The molecule has 0 saturated carbocycles. The summed E-state index contributed by atoms with van der Waals surface area (Å²) in [6.45, 7) is 0. The Labute approximate surface area is 150 Å². The molecule has 0 aliphatic heterocycles. The lowest BCUT2D eigenvalue weighted by atomic mass is 10.0. The van der Waals surface area contributed by atoms with E-state index in [2.05, 4.69) is 4.79 Å². The fourth-order valence-electron chi connectivity index (χ4n) is 0.756. The lowest BCUT2D eigenvalue weighted by molar-refractivity contribution is -0.138. The maximum atomic E-state index is 10.3. The highest BCUT2D eigenvalue weighted by molar-refractivity contribution is 6.32. The summed E-state index contributed by atoms with van der Waals surface area (Å²) in [4.78, 5) is 13.2. The number of carboxylic acid groups (broad SMARTS) is 1. The molecule has 0 amide bonds. The highest BCUT2D eigenvalue weighted by atomic mass is 19.1. The molecule has 0 radical (unpaired) electrons. The number of carboxylic acids is 1. The fourth-order valence-corrected chi connectivity index (χ4v) is 0.756. The Hall–Kier alpha value is -2.01. The standard InChI is InChI=1S/C7H6N2O2.4BFH2O2/c8-9-6-3-1-5(2-4-6)7(10)11;4*2-1(3)4/h1-5H,(H,10,11);4*3-4H. The molecule has 12 nitrogen and oxygen atoms in total. The van der Waals surface area contributed by atoms with E-state index in [0.29, 0.717) is 5.71 Å². The van der Waals surface area contributed by atoms with Gasteiger partial charge in [-0.05, 0) is 0 Å². The normalized spacial score (nSPS) is 12.7. The summed E-state index contributed by atoms with van der Waals surface area (Å²) < 4.78 is 40.4. The molecule has 0 saturated heterocycles. The zero-order valence-corrected chi connectivity index (χ0v) is 13.0. The molecule has 0 bridgehead atoms. The molecule has 0 aromatic rings. The van der Waals surface area contributed by atoms with Crippen molar-refractivity contribution in [2.45, 2.75) is 0 Å². The summed E-state index contributed by atoms with van der Waals surface area (Å²) in [5.74, 6) is -1.50. The summed E-state index contributed by atoms with van der Waals surface area (Å²) in [6.07, 6.45) is 5.83. The molecule has 0 aromatic carbocycles. The molecular formula is C7H14B4F4N2O10. The number of aliphatic carboxylic acids is 1. The lowest BCUT2D eigenvalue weighted by Crippen LogP contribution is -2.11. The minimum Gasteiger partial charge on any atom is -0.481 e. The van der Waals surface area contributed by atoms with Crippen LogP contribution in [0.5, 0.6) is 0 Å². The number of halogens is 4. The van der Waals surface area contributed by atoms with Crippen molar-refractivity contribution in [1.29, 1.82) is 0 Å². The van der Waals surface area contributed by atoms with Gasteiger partial charge in [-0.1, -0.05) is 12.2 Å². The van der Waals surface area contributed by atoms with Crippen molar-refractivity contribution in [3.05, 3.63) is 29.8 Å². The predicted octanol–water partition coefficient (Wildman–Crippen LogP) is -3.81. The Balaban J connectivity index is -0.000000139. The van der Waals surface area contributed by atoms with Crippen molar-refractivity contribution >= 4 is 41.3 Å². The van der Waals surface area contributed by atoms with Gasteiger partial charge in [0.1, 0.15) is 0 Å². The molecule has 0 unspecified atom stereocenters. The van der Waals surface area contributed by atoms with Crippen LogP contribution in [0.2, 0.25) is 0 Å². The Morgan fingerprint density at radius 1 is 0.815 bits per heavy atom. The van der Waals surface area contributed by atoms with Crippen LogP contribution in [0.3, 0.4) is 0 Å². The first kappa shape index (κ1) is 32.6. The molecule has 152 valence electrons. The minimum atomic E-state index is -2.67. The van der Waals surface area contributed by atoms with Crippen molar-refractivity contribution in [2.24, 2.45) is 5.92 Å². The Bertz CT molecular complexity index is 427. The third-order valence-electron chi connectivity index (χ3n) is 1.35. The van der Waals surface area contributed by atoms with Crippen LogP contribution < -0.4 is 0 Å². The number of hydrogen-bond donors (Lipinski definition) is 9. The van der Waals surface area contributed by atoms with E-state index in [1.54, 1.807) is 0 Å². The summed E-state index contributed by atoms with van der Waals surface area (Å²) in [7, 11) is -10.7. The quantitative estimate of drug-likeness (QED) is 0.0891. The number of hydrogen-bond acceptors (Lipinski definition) is 9. The van der Waals surface area contributed by atoms with E-state index in [9.17, 15) is 22.1 Å². The molecular weight excluding hydrogens is 391 g/mol. The summed E-state index contributed by atoms with van der Waals surface area (Å²) >= 11 is 0. The van der Waals surface area contributed by atoms with Crippen LogP contribution in [0.15, 0.2) is 24.3 Å². The fraction of sp³-hybridized carbons (Fsp3) is 0.143. The molecule has 0 aromatic heterocycles. The SMILES string of the molecule is OB(O)F.OB(O)F.OB(O)F.OB(O)F.[N-]=[N+]=C1C=CC(C(=O)O)C=C1. The van der Waals surface area contributed by atoms with E-state index < -0.39 is 41.5 Å². The first-order chi connectivity index (χ1) is 12.2. The van der Waals surface area contributed by atoms with Crippen LogP contribution in [0.25, 0.3) is 5.53 Å². The van der Waals surface area contributed by atoms with Gasteiger partial charge in [-0.3, -0.25) is 22.1 Å². The molecule has 1 aliphatic carbocycles. The zero-order valence-electron chi connectivity index (χ0n) is 13.0. The van der Waals surface area contributed by atoms with Crippen molar-refractivity contribution in [3.63, 3.8) is 0 Å². The van der Waals surface area contributed by atoms with E-state index in [1.165, 1.54) is 24.3 Å². The molecule has 1 aliphatic rings.